The van der Waals surface area contributed by atoms with Gasteiger partial charge in [-0.15, -0.1) is 0 Å². The average molecular weight is 364 g/mol. The van der Waals surface area contributed by atoms with Crippen LogP contribution in [0.15, 0.2) is 22.7 Å². The molecule has 1 atom stereocenters. The van der Waals surface area contributed by atoms with E-state index >= 15 is 0 Å². The molecule has 1 aromatic rings. The average Bonchev–Trinajstić information content (AvgIpc) is 2.37. The van der Waals surface area contributed by atoms with Gasteiger partial charge in [0.2, 0.25) is 5.60 Å². The highest BCUT2D eigenvalue weighted by Crippen LogP contribution is 2.23. The predicted molar refractivity (Wildman–Crippen MR) is 79.1 cm³/mol. The molecular weight excluding hydrogens is 345 g/mol. The van der Waals surface area contributed by atoms with Gasteiger partial charge in [0, 0.05) is 6.07 Å². The first-order valence-electron chi connectivity index (χ1n) is 6.26. The number of esters is 1. The first-order valence-corrected chi connectivity index (χ1v) is 7.06. The molecule has 21 heavy (non-hydrogen) atoms. The first-order chi connectivity index (χ1) is 9.57. The summed E-state index contributed by atoms with van der Waals surface area (Å²) in [5.41, 5.74) is -2.17. The summed E-state index contributed by atoms with van der Waals surface area (Å²) in [5.74, 6) is 4.31. The molecule has 0 aliphatic carbocycles. The third kappa shape index (κ3) is 5.26. The molecule has 0 saturated carbocycles. The van der Waals surface area contributed by atoms with Crippen molar-refractivity contribution in [3.8, 4) is 5.75 Å². The smallest absolute Gasteiger partial charge is 0.344 e. The molecule has 0 aromatic heterocycles. The van der Waals surface area contributed by atoms with Crippen molar-refractivity contribution in [3.63, 3.8) is 0 Å². The van der Waals surface area contributed by atoms with Gasteiger partial charge < -0.3 is 9.47 Å². The van der Waals surface area contributed by atoms with Crippen LogP contribution in [0, 0.1) is 5.82 Å². The SMILES string of the molecule is CC(C)(C)OC(=O)[C@](C)(COc1ccc(Br)c(F)c1)ON. The fourth-order valence-electron chi connectivity index (χ4n) is 1.31. The lowest BCUT2D eigenvalue weighted by molar-refractivity contribution is -0.186. The van der Waals surface area contributed by atoms with E-state index < -0.39 is 23.0 Å². The first kappa shape index (κ1) is 17.9. The number of carbonyl (C=O) groups excluding carboxylic acids is 1. The second-order valence-corrected chi connectivity index (χ2v) is 6.57. The molecule has 2 N–H and O–H groups in total. The Balaban J connectivity index is 2.76. The Morgan fingerprint density at radius 2 is 1.95 bits per heavy atom. The Labute approximate surface area is 131 Å². The summed E-state index contributed by atoms with van der Waals surface area (Å²) < 4.78 is 24.3. The second kappa shape index (κ2) is 6.72. The van der Waals surface area contributed by atoms with Gasteiger partial charge in [-0.1, -0.05) is 0 Å². The minimum atomic E-state index is -1.49. The van der Waals surface area contributed by atoms with E-state index in [1.807, 2.05) is 0 Å². The van der Waals surface area contributed by atoms with Gasteiger partial charge in [0.15, 0.2) is 0 Å². The van der Waals surface area contributed by atoms with Crippen LogP contribution >= 0.6 is 15.9 Å². The number of rotatable bonds is 5. The molecule has 0 unspecified atom stereocenters. The Hall–Kier alpha value is -1.18. The number of carbonyl (C=O) groups is 1. The van der Waals surface area contributed by atoms with Gasteiger partial charge in [-0.2, -0.15) is 0 Å². The minimum Gasteiger partial charge on any atom is -0.490 e. The maximum absolute atomic E-state index is 13.4. The monoisotopic (exact) mass is 363 g/mol. The minimum absolute atomic E-state index is 0.209. The lowest BCUT2D eigenvalue weighted by Gasteiger charge is -2.29. The molecule has 0 aliphatic heterocycles. The predicted octanol–water partition coefficient (Wildman–Crippen LogP) is 2.96. The van der Waals surface area contributed by atoms with Crippen LogP contribution in [0.3, 0.4) is 0 Å². The zero-order valence-corrected chi connectivity index (χ0v) is 14.0. The maximum atomic E-state index is 13.4. The van der Waals surface area contributed by atoms with E-state index in [9.17, 15) is 9.18 Å². The fourth-order valence-corrected chi connectivity index (χ4v) is 1.56. The topological polar surface area (TPSA) is 70.8 Å². The summed E-state index contributed by atoms with van der Waals surface area (Å²) in [5, 5.41) is 0. The molecule has 1 aromatic carbocycles. The van der Waals surface area contributed by atoms with E-state index in [1.54, 1.807) is 26.8 Å². The van der Waals surface area contributed by atoms with Crippen LogP contribution in [0.25, 0.3) is 0 Å². The fraction of sp³-hybridized carbons (Fsp3) is 0.500. The zero-order valence-electron chi connectivity index (χ0n) is 12.4. The van der Waals surface area contributed by atoms with Crippen molar-refractivity contribution >= 4 is 21.9 Å². The molecule has 0 amide bonds. The summed E-state index contributed by atoms with van der Waals surface area (Å²) in [6, 6.07) is 4.24. The van der Waals surface area contributed by atoms with Crippen molar-refractivity contribution in [2.75, 3.05) is 6.61 Å². The number of hydrogen-bond acceptors (Lipinski definition) is 5. The highest BCUT2D eigenvalue weighted by Gasteiger charge is 2.39. The van der Waals surface area contributed by atoms with Crippen molar-refractivity contribution in [2.24, 2.45) is 5.90 Å². The van der Waals surface area contributed by atoms with Crippen LogP contribution in [0.5, 0.6) is 5.75 Å². The molecule has 0 saturated heterocycles. The summed E-state index contributed by atoms with van der Waals surface area (Å²) in [6.45, 7) is 6.42. The quantitative estimate of drug-likeness (QED) is 0.643. The van der Waals surface area contributed by atoms with E-state index in [1.165, 1.54) is 19.1 Å². The molecule has 0 bridgehead atoms. The lowest BCUT2D eigenvalue weighted by Crippen LogP contribution is -2.49. The van der Waals surface area contributed by atoms with Crippen molar-refractivity contribution in [2.45, 2.75) is 38.9 Å². The van der Waals surface area contributed by atoms with E-state index in [0.29, 0.717) is 4.47 Å². The molecular formula is C14H19BrFNO4. The standard InChI is InChI=1S/C14H19BrFNO4/c1-13(2,3)20-12(18)14(4,21-17)8-19-9-5-6-10(15)11(16)7-9/h5-7H,8,17H2,1-4H3/t14-/m0/s1. The molecule has 1 rings (SSSR count). The van der Waals surface area contributed by atoms with Crippen LogP contribution in [-0.4, -0.2) is 23.8 Å². The Morgan fingerprint density at radius 1 is 1.33 bits per heavy atom. The van der Waals surface area contributed by atoms with E-state index in [-0.39, 0.29) is 12.4 Å². The Morgan fingerprint density at radius 3 is 2.43 bits per heavy atom. The van der Waals surface area contributed by atoms with Gasteiger partial charge in [0.05, 0.1) is 4.47 Å². The molecule has 0 radical (unpaired) electrons. The third-order valence-electron chi connectivity index (χ3n) is 2.50. The molecule has 0 heterocycles. The summed E-state index contributed by atoms with van der Waals surface area (Å²) in [4.78, 5) is 16.8. The van der Waals surface area contributed by atoms with Crippen molar-refractivity contribution in [1.82, 2.24) is 0 Å². The van der Waals surface area contributed by atoms with Crippen LogP contribution in [-0.2, 0) is 14.4 Å². The van der Waals surface area contributed by atoms with Gasteiger partial charge in [-0.25, -0.2) is 15.1 Å². The molecule has 7 heteroatoms. The summed E-state index contributed by atoms with van der Waals surface area (Å²) in [7, 11) is 0. The highest BCUT2D eigenvalue weighted by atomic mass is 79.9. The van der Waals surface area contributed by atoms with Crippen molar-refractivity contribution in [1.29, 1.82) is 0 Å². The van der Waals surface area contributed by atoms with Crippen LogP contribution in [0.4, 0.5) is 4.39 Å². The summed E-state index contributed by atoms with van der Waals surface area (Å²) >= 11 is 3.04. The van der Waals surface area contributed by atoms with Crippen molar-refractivity contribution < 1.29 is 23.5 Å². The van der Waals surface area contributed by atoms with Gasteiger partial charge in [0.1, 0.15) is 23.8 Å². The largest absolute Gasteiger partial charge is 0.490 e. The molecule has 118 valence electrons. The highest BCUT2D eigenvalue weighted by molar-refractivity contribution is 9.10. The van der Waals surface area contributed by atoms with E-state index in [4.69, 9.17) is 20.2 Å². The Bertz CT molecular complexity index is 518. The Kier molecular flexibility index (Phi) is 5.72. The van der Waals surface area contributed by atoms with Gasteiger partial charge >= 0.3 is 5.97 Å². The van der Waals surface area contributed by atoms with E-state index in [0.717, 1.165) is 0 Å². The molecule has 0 spiro atoms. The zero-order chi connectivity index (χ0) is 16.3. The third-order valence-corrected chi connectivity index (χ3v) is 3.14. The lowest BCUT2D eigenvalue weighted by atomic mass is 10.1. The normalized spacial score (nSPS) is 14.4. The van der Waals surface area contributed by atoms with Crippen LogP contribution < -0.4 is 10.6 Å². The molecule has 0 aliphatic rings. The summed E-state index contributed by atoms with van der Waals surface area (Å²) in [6.07, 6.45) is 0. The van der Waals surface area contributed by atoms with Crippen LogP contribution in [0.1, 0.15) is 27.7 Å². The van der Waals surface area contributed by atoms with Crippen molar-refractivity contribution in [3.05, 3.63) is 28.5 Å². The van der Waals surface area contributed by atoms with Gasteiger partial charge in [-0.05, 0) is 55.8 Å². The molecule has 5 nitrogen and oxygen atoms in total. The maximum Gasteiger partial charge on any atom is 0.344 e. The number of nitrogens with two attached hydrogens (primary N) is 1. The number of hydrogen-bond donors (Lipinski definition) is 1. The van der Waals surface area contributed by atoms with Crippen LogP contribution in [0.2, 0.25) is 0 Å². The second-order valence-electron chi connectivity index (χ2n) is 5.72. The van der Waals surface area contributed by atoms with Gasteiger partial charge in [-0.3, -0.25) is 4.84 Å². The number of ether oxygens (including phenoxy) is 2. The number of halogens is 2. The van der Waals surface area contributed by atoms with Gasteiger partial charge in [0.25, 0.3) is 0 Å². The molecule has 0 fully saturated rings. The number of benzene rings is 1. The van der Waals surface area contributed by atoms with E-state index in [2.05, 4.69) is 15.9 Å².